The molecule has 0 atom stereocenters. The first-order valence-electron chi connectivity index (χ1n) is 11.9. The Morgan fingerprint density at radius 1 is 0.857 bits per heavy atom. The Labute approximate surface area is 172 Å². The van der Waals surface area contributed by atoms with Gasteiger partial charge in [0.1, 0.15) is 5.58 Å². The molecule has 0 saturated carbocycles. The number of rotatable bonds is 2. The number of nitrogens with zero attached hydrogens (tertiary/aromatic N) is 2. The topological polar surface area (TPSA) is 38.9 Å². The minimum Gasteiger partial charge on any atom is -0.438 e. The molecule has 3 heterocycles. The van der Waals surface area contributed by atoms with Gasteiger partial charge in [0.15, 0.2) is 0 Å². The van der Waals surface area contributed by atoms with Crippen LogP contribution in [0.3, 0.4) is 0 Å². The maximum atomic E-state index is 8.05. The second-order valence-electron chi connectivity index (χ2n) is 6.81. The van der Waals surface area contributed by atoms with Gasteiger partial charge in [0.25, 0.3) is 0 Å². The van der Waals surface area contributed by atoms with E-state index < -0.39 is 13.7 Å². The first kappa shape index (κ1) is 11.4. The van der Waals surface area contributed by atoms with Gasteiger partial charge < -0.3 is 4.42 Å². The Bertz CT molecular complexity index is 1530. The summed E-state index contributed by atoms with van der Waals surface area (Å²) in [6, 6.07) is 17.6. The van der Waals surface area contributed by atoms with Crippen molar-refractivity contribution in [2.45, 2.75) is 20.6 Å². The maximum absolute atomic E-state index is 8.05. The quantitative estimate of drug-likeness (QED) is 0.350. The lowest BCUT2D eigenvalue weighted by molar-refractivity contribution is 0.652. The monoisotopic (exact) mass is 370 g/mol. The Morgan fingerprint density at radius 3 is 2.61 bits per heavy atom. The summed E-state index contributed by atoms with van der Waals surface area (Å²) < 4.78 is 52.6. The average Bonchev–Trinajstić information content (AvgIpc) is 3.14. The van der Waals surface area contributed by atoms with Crippen molar-refractivity contribution in [2.24, 2.45) is 0 Å². The summed E-state index contributed by atoms with van der Waals surface area (Å²) in [5, 5.41) is 1.71. The first-order valence-corrected chi connectivity index (χ1v) is 8.92. The molecule has 136 valence electrons. The second-order valence-corrected chi connectivity index (χ2v) is 6.81. The van der Waals surface area contributed by atoms with Crippen LogP contribution in [-0.2, 0) is 0 Å². The molecule has 0 spiro atoms. The summed E-state index contributed by atoms with van der Waals surface area (Å²) >= 11 is 0. The molecule has 0 radical (unpaired) electrons. The number of aromatic nitrogens is 2. The maximum Gasteiger partial charge on any atom is 0.227 e. The van der Waals surface area contributed by atoms with Gasteiger partial charge in [-0.25, -0.2) is 4.98 Å². The minimum atomic E-state index is -2.32. The Balaban J connectivity index is 1.67. The summed E-state index contributed by atoms with van der Waals surface area (Å²) in [6.07, 6.45) is 1.33. The Morgan fingerprint density at radius 2 is 1.79 bits per heavy atom. The van der Waals surface area contributed by atoms with Crippen LogP contribution in [0.2, 0.25) is 0 Å². The predicted octanol–water partition coefficient (Wildman–Crippen LogP) is 6.64. The molecule has 0 amide bonds. The van der Waals surface area contributed by atoms with Crippen molar-refractivity contribution in [3.05, 3.63) is 83.7 Å². The van der Waals surface area contributed by atoms with E-state index in [0.717, 1.165) is 22.0 Å². The molecule has 0 aliphatic carbocycles. The van der Waals surface area contributed by atoms with Crippen molar-refractivity contribution in [2.75, 3.05) is 0 Å². The lowest BCUT2D eigenvalue weighted by Gasteiger charge is -2.10. The van der Waals surface area contributed by atoms with Gasteiger partial charge in [0.05, 0.1) is 5.69 Å². The molecule has 0 fully saturated rings. The zero-order chi connectivity index (χ0) is 24.3. The van der Waals surface area contributed by atoms with Gasteiger partial charge in [0, 0.05) is 36.5 Å². The van der Waals surface area contributed by atoms with Crippen LogP contribution in [0.4, 0.5) is 0 Å². The largest absolute Gasteiger partial charge is 0.438 e. The van der Waals surface area contributed by atoms with E-state index in [4.69, 9.17) is 12.6 Å². The smallest absolute Gasteiger partial charge is 0.227 e. The molecule has 0 bridgehead atoms. The van der Waals surface area contributed by atoms with E-state index in [9.17, 15) is 0 Å². The van der Waals surface area contributed by atoms with Gasteiger partial charge >= 0.3 is 0 Å². The SMILES string of the molecule is [2H]C([2H])([2H])c1ccc(-c2ccc(C([2H])([2H])[2H])c(-c3ccc4oc5nc(C)ccc5c4c3)c2)nc1. The molecular formula is C25H20N2O. The lowest BCUT2D eigenvalue weighted by Crippen LogP contribution is -1.88. The van der Waals surface area contributed by atoms with E-state index in [0.29, 0.717) is 28.1 Å². The van der Waals surface area contributed by atoms with Gasteiger partial charge in [0.2, 0.25) is 5.71 Å². The summed E-state index contributed by atoms with van der Waals surface area (Å²) in [5.41, 5.74) is 4.95. The van der Waals surface area contributed by atoms with E-state index in [1.165, 1.54) is 12.3 Å². The number of fused-ring (bicyclic) bond motifs is 3. The minimum absolute atomic E-state index is 0.150. The van der Waals surface area contributed by atoms with Crippen LogP contribution in [0, 0.1) is 20.6 Å². The van der Waals surface area contributed by atoms with E-state index in [1.54, 1.807) is 24.3 Å². The van der Waals surface area contributed by atoms with Crippen LogP contribution >= 0.6 is 0 Å². The molecule has 3 aromatic heterocycles. The van der Waals surface area contributed by atoms with Gasteiger partial charge in [-0.05, 0) is 79.3 Å². The molecule has 2 aromatic carbocycles. The molecule has 0 N–H and O–H groups in total. The third kappa shape index (κ3) is 2.76. The van der Waals surface area contributed by atoms with Crippen LogP contribution in [0.1, 0.15) is 25.0 Å². The van der Waals surface area contributed by atoms with Crippen molar-refractivity contribution in [1.29, 1.82) is 0 Å². The fourth-order valence-corrected chi connectivity index (χ4v) is 3.42. The molecule has 5 aromatic rings. The first-order chi connectivity index (χ1) is 16.0. The summed E-state index contributed by atoms with van der Waals surface area (Å²) in [5.74, 6) is 0. The van der Waals surface area contributed by atoms with Crippen molar-refractivity contribution < 1.29 is 12.6 Å². The average molecular weight is 370 g/mol. The molecule has 5 rings (SSSR count). The predicted molar refractivity (Wildman–Crippen MR) is 114 cm³/mol. The third-order valence-electron chi connectivity index (χ3n) is 4.87. The fourth-order valence-electron chi connectivity index (χ4n) is 3.42. The molecule has 3 heteroatoms. The Kier molecular flexibility index (Phi) is 2.57. The normalized spacial score (nSPS) is 15.5. The van der Waals surface area contributed by atoms with Crippen LogP contribution in [-0.4, -0.2) is 9.97 Å². The number of furan rings is 1. The molecule has 3 nitrogen and oxygen atoms in total. The number of benzene rings is 2. The number of pyridine rings is 2. The zero-order valence-electron chi connectivity index (χ0n) is 21.2. The lowest BCUT2D eigenvalue weighted by atomic mass is 9.95. The van der Waals surface area contributed by atoms with Crippen LogP contribution < -0.4 is 0 Å². The van der Waals surface area contributed by atoms with Gasteiger partial charge in [-0.15, -0.1) is 0 Å². The highest BCUT2D eigenvalue weighted by molar-refractivity contribution is 6.05. The Hall–Kier alpha value is -3.46. The standard InChI is InChI=1S/C25H20N2O/c1-15-4-10-23(26-14-15)19-7-5-16(2)21(13-19)18-8-11-24-22(12-18)20-9-6-17(3)27-25(20)28-24/h4-14H,1-3H3/i1D3,2D3. The van der Waals surface area contributed by atoms with Gasteiger partial charge in [-0.1, -0.05) is 24.3 Å². The number of hydrogen-bond donors (Lipinski definition) is 0. The highest BCUT2D eigenvalue weighted by Crippen LogP contribution is 2.34. The van der Waals surface area contributed by atoms with E-state index in [-0.39, 0.29) is 11.1 Å². The van der Waals surface area contributed by atoms with Gasteiger partial charge in [-0.3, -0.25) is 4.98 Å². The highest BCUT2D eigenvalue weighted by atomic mass is 16.3. The summed E-state index contributed by atoms with van der Waals surface area (Å²) in [6.45, 7) is -2.67. The molecular weight excluding hydrogens is 344 g/mol. The van der Waals surface area contributed by atoms with Crippen molar-refractivity contribution >= 4 is 22.1 Å². The third-order valence-corrected chi connectivity index (χ3v) is 4.87. The molecule has 0 aliphatic rings. The summed E-state index contributed by atoms with van der Waals surface area (Å²) in [7, 11) is 0. The number of hydrogen-bond acceptors (Lipinski definition) is 3. The van der Waals surface area contributed by atoms with E-state index in [2.05, 4.69) is 9.97 Å². The van der Waals surface area contributed by atoms with Crippen molar-refractivity contribution in [3.63, 3.8) is 0 Å². The van der Waals surface area contributed by atoms with Crippen LogP contribution in [0.25, 0.3) is 44.5 Å². The van der Waals surface area contributed by atoms with Crippen molar-refractivity contribution in [3.8, 4) is 22.4 Å². The summed E-state index contributed by atoms with van der Waals surface area (Å²) in [4.78, 5) is 8.75. The van der Waals surface area contributed by atoms with E-state index >= 15 is 0 Å². The molecule has 0 aliphatic heterocycles. The molecule has 0 unspecified atom stereocenters. The zero-order valence-corrected chi connectivity index (χ0v) is 15.2. The number of aryl methyl sites for hydroxylation is 3. The molecule has 0 saturated heterocycles. The van der Waals surface area contributed by atoms with E-state index in [1.807, 2.05) is 37.3 Å². The van der Waals surface area contributed by atoms with Crippen molar-refractivity contribution in [1.82, 2.24) is 9.97 Å². The fraction of sp³-hybridized carbons (Fsp3) is 0.120. The molecule has 28 heavy (non-hydrogen) atoms. The van der Waals surface area contributed by atoms with Gasteiger partial charge in [-0.2, -0.15) is 0 Å². The second kappa shape index (κ2) is 6.31. The van der Waals surface area contributed by atoms with Crippen LogP contribution in [0.5, 0.6) is 0 Å². The highest BCUT2D eigenvalue weighted by Gasteiger charge is 2.12. The van der Waals surface area contributed by atoms with Crippen LogP contribution in [0.15, 0.2) is 71.3 Å².